The SMILES string of the molecule is COc1ccc(-c2nc3ccccn3c2CC(N)=S)cc1OC. The lowest BCUT2D eigenvalue weighted by Crippen LogP contribution is -2.13. The number of thiocarbonyl (C=S) groups is 1. The molecule has 118 valence electrons. The Bertz CT molecular complexity index is 873. The number of rotatable bonds is 5. The molecule has 0 radical (unpaired) electrons. The van der Waals surface area contributed by atoms with Crippen LogP contribution in [-0.4, -0.2) is 28.6 Å². The normalized spacial score (nSPS) is 10.7. The molecule has 0 unspecified atom stereocenters. The number of ether oxygens (including phenoxy) is 2. The highest BCUT2D eigenvalue weighted by Crippen LogP contribution is 2.33. The molecule has 23 heavy (non-hydrogen) atoms. The van der Waals surface area contributed by atoms with Gasteiger partial charge in [0, 0.05) is 18.2 Å². The molecule has 0 amide bonds. The van der Waals surface area contributed by atoms with Gasteiger partial charge in [-0.3, -0.25) is 0 Å². The number of aromatic nitrogens is 2. The van der Waals surface area contributed by atoms with E-state index < -0.39 is 0 Å². The van der Waals surface area contributed by atoms with Crippen molar-refractivity contribution in [1.82, 2.24) is 9.38 Å². The van der Waals surface area contributed by atoms with Crippen LogP contribution in [0.3, 0.4) is 0 Å². The molecule has 1 aromatic carbocycles. The van der Waals surface area contributed by atoms with E-state index in [1.807, 2.05) is 47.0 Å². The molecule has 0 bridgehead atoms. The lowest BCUT2D eigenvalue weighted by molar-refractivity contribution is 0.355. The Morgan fingerprint density at radius 1 is 1.17 bits per heavy atom. The fourth-order valence-corrected chi connectivity index (χ4v) is 2.73. The Morgan fingerprint density at radius 2 is 1.96 bits per heavy atom. The van der Waals surface area contributed by atoms with Gasteiger partial charge in [-0.1, -0.05) is 18.3 Å². The summed E-state index contributed by atoms with van der Waals surface area (Å²) in [7, 11) is 3.22. The van der Waals surface area contributed by atoms with Crippen LogP contribution in [0.15, 0.2) is 42.6 Å². The maximum Gasteiger partial charge on any atom is 0.161 e. The van der Waals surface area contributed by atoms with E-state index in [1.54, 1.807) is 14.2 Å². The number of hydrogen-bond acceptors (Lipinski definition) is 4. The first kappa shape index (κ1) is 15.3. The molecule has 0 atom stereocenters. The quantitative estimate of drug-likeness (QED) is 0.730. The monoisotopic (exact) mass is 327 g/mol. The molecule has 5 nitrogen and oxygen atoms in total. The Balaban J connectivity index is 2.21. The lowest BCUT2D eigenvalue weighted by Gasteiger charge is -2.10. The first-order valence-electron chi connectivity index (χ1n) is 7.10. The molecule has 0 aliphatic rings. The van der Waals surface area contributed by atoms with Crippen LogP contribution in [0.1, 0.15) is 5.69 Å². The first-order chi connectivity index (χ1) is 11.1. The average molecular weight is 327 g/mol. The van der Waals surface area contributed by atoms with Crippen LogP contribution in [0.2, 0.25) is 0 Å². The smallest absolute Gasteiger partial charge is 0.161 e. The Labute approximate surface area is 139 Å². The molecule has 3 rings (SSSR count). The Hall–Kier alpha value is -2.60. The van der Waals surface area contributed by atoms with Crippen LogP contribution in [0.4, 0.5) is 0 Å². The van der Waals surface area contributed by atoms with Gasteiger partial charge in [-0.2, -0.15) is 0 Å². The second kappa shape index (κ2) is 6.26. The van der Waals surface area contributed by atoms with Gasteiger partial charge in [-0.15, -0.1) is 0 Å². The Morgan fingerprint density at radius 3 is 2.65 bits per heavy atom. The standard InChI is InChI=1S/C17H17N3O2S/c1-21-13-7-6-11(9-14(13)22-2)17-12(10-15(18)23)20-8-4-3-5-16(20)19-17/h3-9H,10H2,1-2H3,(H2,18,23). The van der Waals surface area contributed by atoms with E-state index in [4.69, 9.17) is 32.4 Å². The summed E-state index contributed by atoms with van der Waals surface area (Å²) in [5, 5.41) is 0. The molecular formula is C17H17N3O2S. The van der Waals surface area contributed by atoms with Gasteiger partial charge >= 0.3 is 0 Å². The zero-order valence-corrected chi connectivity index (χ0v) is 13.8. The number of methoxy groups -OCH3 is 2. The molecule has 0 saturated heterocycles. The lowest BCUT2D eigenvalue weighted by atomic mass is 10.1. The largest absolute Gasteiger partial charge is 0.493 e. The predicted molar refractivity (Wildman–Crippen MR) is 94.2 cm³/mol. The van der Waals surface area contributed by atoms with Gasteiger partial charge in [-0.25, -0.2) is 4.98 Å². The van der Waals surface area contributed by atoms with Crippen molar-refractivity contribution in [3.05, 3.63) is 48.3 Å². The molecule has 0 fully saturated rings. The molecule has 6 heteroatoms. The highest BCUT2D eigenvalue weighted by atomic mass is 32.1. The number of hydrogen-bond donors (Lipinski definition) is 1. The molecule has 3 aromatic rings. The second-order valence-corrected chi connectivity index (χ2v) is 5.57. The number of nitrogens with two attached hydrogens (primary N) is 1. The zero-order chi connectivity index (χ0) is 16.4. The van der Waals surface area contributed by atoms with E-state index in [0.717, 1.165) is 22.6 Å². The van der Waals surface area contributed by atoms with E-state index in [9.17, 15) is 0 Å². The van der Waals surface area contributed by atoms with Crippen LogP contribution in [0, 0.1) is 0 Å². The molecular weight excluding hydrogens is 310 g/mol. The van der Waals surface area contributed by atoms with Crippen molar-refractivity contribution >= 4 is 22.9 Å². The summed E-state index contributed by atoms with van der Waals surface area (Å²) in [5.41, 5.74) is 9.34. The van der Waals surface area contributed by atoms with E-state index in [0.29, 0.717) is 22.9 Å². The summed E-state index contributed by atoms with van der Waals surface area (Å²) in [6.45, 7) is 0. The highest BCUT2D eigenvalue weighted by molar-refractivity contribution is 7.80. The summed E-state index contributed by atoms with van der Waals surface area (Å²) in [6, 6.07) is 11.6. The van der Waals surface area contributed by atoms with Crippen LogP contribution < -0.4 is 15.2 Å². The minimum absolute atomic E-state index is 0.428. The van der Waals surface area contributed by atoms with Crippen molar-refractivity contribution in [3.63, 3.8) is 0 Å². The van der Waals surface area contributed by atoms with Gasteiger partial charge in [0.2, 0.25) is 0 Å². The topological polar surface area (TPSA) is 61.8 Å². The molecule has 2 aromatic heterocycles. The third-order valence-corrected chi connectivity index (χ3v) is 3.77. The highest BCUT2D eigenvalue weighted by Gasteiger charge is 2.16. The molecule has 2 N–H and O–H groups in total. The number of imidazole rings is 1. The van der Waals surface area contributed by atoms with Crippen molar-refractivity contribution in [3.8, 4) is 22.8 Å². The average Bonchev–Trinajstić information content (AvgIpc) is 2.92. The Kier molecular flexibility index (Phi) is 4.16. The number of fused-ring (bicyclic) bond motifs is 1. The maximum atomic E-state index is 5.77. The number of benzene rings is 1. The van der Waals surface area contributed by atoms with Crippen molar-refractivity contribution in [2.75, 3.05) is 14.2 Å². The van der Waals surface area contributed by atoms with Gasteiger partial charge in [0.15, 0.2) is 11.5 Å². The number of pyridine rings is 1. The van der Waals surface area contributed by atoms with Crippen molar-refractivity contribution in [2.45, 2.75) is 6.42 Å². The molecule has 0 aliphatic carbocycles. The summed E-state index contributed by atoms with van der Waals surface area (Å²) >= 11 is 5.10. The minimum Gasteiger partial charge on any atom is -0.493 e. The first-order valence-corrected chi connectivity index (χ1v) is 7.51. The molecule has 2 heterocycles. The third-order valence-electron chi connectivity index (χ3n) is 3.63. The van der Waals surface area contributed by atoms with Gasteiger partial charge in [0.1, 0.15) is 5.65 Å². The summed E-state index contributed by atoms with van der Waals surface area (Å²) < 4.78 is 12.7. The van der Waals surface area contributed by atoms with Gasteiger partial charge in [-0.05, 0) is 30.3 Å². The van der Waals surface area contributed by atoms with Gasteiger partial charge in [0.05, 0.1) is 30.6 Å². The van der Waals surface area contributed by atoms with E-state index in [1.165, 1.54) is 0 Å². The van der Waals surface area contributed by atoms with Crippen molar-refractivity contribution < 1.29 is 9.47 Å². The minimum atomic E-state index is 0.428. The fourth-order valence-electron chi connectivity index (χ4n) is 2.60. The third kappa shape index (κ3) is 2.85. The predicted octanol–water partition coefficient (Wildman–Crippen LogP) is 2.85. The second-order valence-electron chi connectivity index (χ2n) is 5.05. The van der Waals surface area contributed by atoms with E-state index in [2.05, 4.69) is 0 Å². The van der Waals surface area contributed by atoms with Crippen molar-refractivity contribution in [1.29, 1.82) is 0 Å². The van der Waals surface area contributed by atoms with Gasteiger partial charge < -0.3 is 19.6 Å². The van der Waals surface area contributed by atoms with Crippen LogP contribution >= 0.6 is 12.2 Å². The van der Waals surface area contributed by atoms with Crippen LogP contribution in [-0.2, 0) is 6.42 Å². The van der Waals surface area contributed by atoms with Crippen molar-refractivity contribution in [2.24, 2.45) is 5.73 Å². The van der Waals surface area contributed by atoms with E-state index in [-0.39, 0.29) is 0 Å². The number of nitrogens with zero attached hydrogens (tertiary/aromatic N) is 2. The van der Waals surface area contributed by atoms with Crippen LogP contribution in [0.25, 0.3) is 16.9 Å². The zero-order valence-electron chi connectivity index (χ0n) is 12.9. The summed E-state index contributed by atoms with van der Waals surface area (Å²) in [6.07, 6.45) is 2.43. The van der Waals surface area contributed by atoms with E-state index >= 15 is 0 Å². The summed E-state index contributed by atoms with van der Waals surface area (Å²) in [4.78, 5) is 5.15. The molecule has 0 saturated carbocycles. The molecule has 0 aliphatic heterocycles. The fraction of sp³-hybridized carbons (Fsp3) is 0.176. The summed E-state index contributed by atoms with van der Waals surface area (Å²) in [5.74, 6) is 1.33. The van der Waals surface area contributed by atoms with Crippen LogP contribution in [0.5, 0.6) is 11.5 Å². The molecule has 0 spiro atoms. The van der Waals surface area contributed by atoms with Gasteiger partial charge in [0.25, 0.3) is 0 Å². The maximum absolute atomic E-state index is 5.77.